The van der Waals surface area contributed by atoms with Crippen molar-refractivity contribution in [2.45, 2.75) is 25.8 Å². The fourth-order valence-electron chi connectivity index (χ4n) is 2.99. The number of carbonyl (C=O) groups excluding carboxylic acids is 2. The number of carbonyl (C=O) groups is 2. The van der Waals surface area contributed by atoms with E-state index in [0.717, 1.165) is 29.1 Å². The highest BCUT2D eigenvalue weighted by Crippen LogP contribution is 2.30. The Morgan fingerprint density at radius 3 is 2.62 bits per heavy atom. The summed E-state index contributed by atoms with van der Waals surface area (Å²) < 4.78 is 0. The van der Waals surface area contributed by atoms with E-state index in [0.29, 0.717) is 11.4 Å². The van der Waals surface area contributed by atoms with Crippen molar-refractivity contribution in [1.82, 2.24) is 14.8 Å². The predicted molar refractivity (Wildman–Crippen MR) is 95.0 cm³/mol. The largest absolute Gasteiger partial charge is 0.347 e. The number of hydrogen-bond acceptors (Lipinski definition) is 4. The second-order valence-electron chi connectivity index (χ2n) is 6.19. The van der Waals surface area contributed by atoms with E-state index >= 15 is 0 Å². The van der Waals surface area contributed by atoms with Crippen LogP contribution in [0.15, 0.2) is 30.3 Å². The first-order valence-electron chi connectivity index (χ1n) is 8.04. The molecule has 6 heteroatoms. The second kappa shape index (κ2) is 6.73. The maximum atomic E-state index is 13.0. The van der Waals surface area contributed by atoms with Crippen LogP contribution in [-0.4, -0.2) is 53.3 Å². The fraction of sp³-hybridized carbons (Fsp3) is 0.389. The number of hydrogen-bond donors (Lipinski definition) is 0. The minimum Gasteiger partial charge on any atom is -0.347 e. The van der Waals surface area contributed by atoms with Crippen molar-refractivity contribution in [2.75, 3.05) is 20.6 Å². The smallest absolute Gasteiger partial charge is 0.266 e. The molecule has 1 aliphatic rings. The average molecular weight is 343 g/mol. The van der Waals surface area contributed by atoms with E-state index in [4.69, 9.17) is 0 Å². The summed E-state index contributed by atoms with van der Waals surface area (Å²) in [5.41, 5.74) is 1.73. The molecular weight excluding hydrogens is 322 g/mol. The molecular formula is C18H21N3O2S. The zero-order valence-corrected chi connectivity index (χ0v) is 15.0. The van der Waals surface area contributed by atoms with Crippen LogP contribution in [-0.2, 0) is 4.79 Å². The van der Waals surface area contributed by atoms with E-state index in [-0.39, 0.29) is 17.9 Å². The van der Waals surface area contributed by atoms with Crippen LogP contribution in [0.4, 0.5) is 0 Å². The topological polar surface area (TPSA) is 53.5 Å². The first-order valence-corrected chi connectivity index (χ1v) is 8.85. The Bertz CT molecular complexity index is 755. The van der Waals surface area contributed by atoms with E-state index in [1.165, 1.54) is 11.3 Å². The molecule has 3 rings (SSSR count). The predicted octanol–water partition coefficient (Wildman–Crippen LogP) is 2.81. The van der Waals surface area contributed by atoms with E-state index < -0.39 is 0 Å². The number of thiazole rings is 1. The summed E-state index contributed by atoms with van der Waals surface area (Å²) in [6.07, 6.45) is 1.59. The molecule has 2 heterocycles. The zero-order chi connectivity index (χ0) is 17.3. The third kappa shape index (κ3) is 3.06. The number of rotatable bonds is 3. The van der Waals surface area contributed by atoms with Crippen molar-refractivity contribution in [3.8, 4) is 10.6 Å². The Morgan fingerprint density at radius 2 is 1.96 bits per heavy atom. The average Bonchev–Trinajstić information content (AvgIpc) is 3.21. The number of likely N-dealkylation sites (tertiary alicyclic amines) is 1. The number of amides is 2. The van der Waals surface area contributed by atoms with Gasteiger partial charge in [0.05, 0.1) is 5.69 Å². The highest BCUT2D eigenvalue weighted by atomic mass is 32.1. The van der Waals surface area contributed by atoms with Gasteiger partial charge in [0.1, 0.15) is 15.9 Å². The summed E-state index contributed by atoms with van der Waals surface area (Å²) >= 11 is 1.40. The van der Waals surface area contributed by atoms with Crippen molar-refractivity contribution in [3.05, 3.63) is 40.9 Å². The number of aryl methyl sites for hydroxylation is 1. The van der Waals surface area contributed by atoms with Crippen LogP contribution in [0.5, 0.6) is 0 Å². The van der Waals surface area contributed by atoms with E-state index in [9.17, 15) is 9.59 Å². The molecule has 24 heavy (non-hydrogen) atoms. The summed E-state index contributed by atoms with van der Waals surface area (Å²) in [6, 6.07) is 9.49. The Hall–Kier alpha value is -2.21. The van der Waals surface area contributed by atoms with Crippen LogP contribution in [0.25, 0.3) is 10.6 Å². The molecule has 0 N–H and O–H groups in total. The molecule has 0 bridgehead atoms. The van der Waals surface area contributed by atoms with Crippen LogP contribution in [0, 0.1) is 6.92 Å². The molecule has 1 unspecified atom stereocenters. The Kier molecular flexibility index (Phi) is 4.66. The van der Waals surface area contributed by atoms with Crippen LogP contribution in [0.1, 0.15) is 28.2 Å². The maximum absolute atomic E-state index is 13.0. The van der Waals surface area contributed by atoms with Crippen molar-refractivity contribution >= 4 is 23.2 Å². The van der Waals surface area contributed by atoms with Gasteiger partial charge in [0, 0.05) is 26.2 Å². The summed E-state index contributed by atoms with van der Waals surface area (Å²) in [6.45, 7) is 2.48. The Morgan fingerprint density at radius 1 is 1.25 bits per heavy atom. The molecule has 1 saturated heterocycles. The van der Waals surface area contributed by atoms with Crippen molar-refractivity contribution < 1.29 is 9.59 Å². The number of nitrogens with zero attached hydrogens (tertiary/aromatic N) is 3. The minimum atomic E-state index is -0.353. The van der Waals surface area contributed by atoms with E-state index in [1.807, 2.05) is 37.3 Å². The van der Waals surface area contributed by atoms with Gasteiger partial charge in [-0.25, -0.2) is 4.98 Å². The summed E-state index contributed by atoms with van der Waals surface area (Å²) in [5.74, 6) is -0.0869. The van der Waals surface area contributed by atoms with Crippen molar-refractivity contribution in [3.63, 3.8) is 0 Å². The fourth-order valence-corrected chi connectivity index (χ4v) is 4.02. The highest BCUT2D eigenvalue weighted by molar-refractivity contribution is 7.17. The van der Waals surface area contributed by atoms with Gasteiger partial charge in [0.25, 0.3) is 5.91 Å². The van der Waals surface area contributed by atoms with Gasteiger partial charge in [-0.1, -0.05) is 30.3 Å². The molecule has 1 fully saturated rings. The van der Waals surface area contributed by atoms with Gasteiger partial charge in [-0.15, -0.1) is 11.3 Å². The molecule has 1 aliphatic heterocycles. The monoisotopic (exact) mass is 343 g/mol. The normalized spacial score (nSPS) is 17.1. The van der Waals surface area contributed by atoms with Crippen molar-refractivity contribution in [2.24, 2.45) is 0 Å². The van der Waals surface area contributed by atoms with Crippen LogP contribution < -0.4 is 0 Å². The van der Waals surface area contributed by atoms with Crippen LogP contribution in [0.2, 0.25) is 0 Å². The van der Waals surface area contributed by atoms with E-state index in [1.54, 1.807) is 23.9 Å². The van der Waals surface area contributed by atoms with Gasteiger partial charge >= 0.3 is 0 Å². The number of likely N-dealkylation sites (N-methyl/N-ethyl adjacent to an activating group) is 1. The van der Waals surface area contributed by atoms with E-state index in [2.05, 4.69) is 4.98 Å². The lowest BCUT2D eigenvalue weighted by Gasteiger charge is -2.25. The van der Waals surface area contributed by atoms with Gasteiger partial charge in [-0.05, 0) is 19.8 Å². The summed E-state index contributed by atoms with van der Waals surface area (Å²) in [4.78, 5) is 33.8. The third-order valence-electron chi connectivity index (χ3n) is 4.25. The first-order chi connectivity index (χ1) is 11.5. The minimum absolute atomic E-state index is 0.00805. The van der Waals surface area contributed by atoms with Gasteiger partial charge in [-0.3, -0.25) is 9.59 Å². The molecule has 0 spiro atoms. The lowest BCUT2D eigenvalue weighted by molar-refractivity contribution is -0.132. The highest BCUT2D eigenvalue weighted by Gasteiger charge is 2.36. The number of benzene rings is 1. The van der Waals surface area contributed by atoms with Gasteiger partial charge in [-0.2, -0.15) is 0 Å². The lowest BCUT2D eigenvalue weighted by atomic mass is 10.2. The molecule has 126 valence electrons. The standard InChI is InChI=1S/C18H21N3O2S/c1-12-15(24-16(19-12)13-8-5-4-6-9-13)18(23)21-11-7-10-14(21)17(22)20(2)3/h4-6,8-9,14H,7,10-11H2,1-3H3. The van der Waals surface area contributed by atoms with Crippen molar-refractivity contribution in [1.29, 1.82) is 0 Å². The second-order valence-corrected chi connectivity index (χ2v) is 7.19. The molecule has 1 atom stereocenters. The molecule has 5 nitrogen and oxygen atoms in total. The quantitative estimate of drug-likeness (QED) is 0.861. The van der Waals surface area contributed by atoms with Gasteiger partial charge in [0.2, 0.25) is 5.91 Å². The number of aromatic nitrogens is 1. The zero-order valence-electron chi connectivity index (χ0n) is 14.2. The molecule has 0 aliphatic carbocycles. The Labute approximate surface area is 145 Å². The van der Waals surface area contributed by atoms with Crippen LogP contribution >= 0.6 is 11.3 Å². The maximum Gasteiger partial charge on any atom is 0.266 e. The van der Waals surface area contributed by atoms with Crippen LogP contribution in [0.3, 0.4) is 0 Å². The molecule has 2 amide bonds. The summed E-state index contributed by atoms with van der Waals surface area (Å²) in [5, 5.41) is 0.839. The third-order valence-corrected chi connectivity index (χ3v) is 5.45. The molecule has 0 saturated carbocycles. The van der Waals surface area contributed by atoms with Gasteiger partial charge < -0.3 is 9.80 Å². The first kappa shape index (κ1) is 16.6. The molecule has 2 aromatic rings. The molecule has 0 radical (unpaired) electrons. The molecule has 1 aromatic carbocycles. The Balaban J connectivity index is 1.88. The van der Waals surface area contributed by atoms with Gasteiger partial charge in [0.15, 0.2) is 0 Å². The molecule has 1 aromatic heterocycles. The summed E-state index contributed by atoms with van der Waals surface area (Å²) in [7, 11) is 3.46. The lowest BCUT2D eigenvalue weighted by Crippen LogP contribution is -2.45. The SMILES string of the molecule is Cc1nc(-c2ccccc2)sc1C(=O)N1CCCC1C(=O)N(C)C.